The minimum atomic E-state index is -1.02. The third-order valence-corrected chi connectivity index (χ3v) is 28.2. The summed E-state index contributed by atoms with van der Waals surface area (Å²) in [5.41, 5.74) is 24.7. The number of aromatic amines is 3. The maximum atomic E-state index is 14.2. The average Bonchev–Trinajstić information content (AvgIpc) is 1.56. The first-order valence-electron chi connectivity index (χ1n) is 46.1. The van der Waals surface area contributed by atoms with Crippen molar-refractivity contribution in [1.29, 1.82) is 0 Å². The first-order chi connectivity index (χ1) is 59.6. The fourth-order valence-corrected chi connectivity index (χ4v) is 21.0. The van der Waals surface area contributed by atoms with E-state index in [4.69, 9.17) is 18.9 Å². The number of allylic oxidation sites excluding steroid dienone is 1. The molecule has 6 unspecified atom stereocenters. The predicted octanol–water partition coefficient (Wildman–Crippen LogP) is 12.1. The molecule has 4 fully saturated rings. The molecule has 0 amide bonds. The van der Waals surface area contributed by atoms with Crippen molar-refractivity contribution in [2.24, 2.45) is 5.92 Å². The van der Waals surface area contributed by atoms with Crippen LogP contribution in [-0.2, 0) is 50.3 Å². The molecule has 1 aliphatic heterocycles. The molecule has 5 aromatic carbocycles. The number of aryl methyl sites for hydroxylation is 4. The van der Waals surface area contributed by atoms with Gasteiger partial charge in [-0.05, 0) is 260 Å². The second-order valence-electron chi connectivity index (χ2n) is 35.5. The number of fused-ring (bicyclic) bond motifs is 3. The monoisotopic (exact) mass is 1690 g/mol. The number of nitrogens with zero attached hydrogens (tertiary/aromatic N) is 5. The summed E-state index contributed by atoms with van der Waals surface area (Å²) in [6, 6.07) is 42.5. The van der Waals surface area contributed by atoms with Gasteiger partial charge in [-0.1, -0.05) is 139 Å². The minimum absolute atomic E-state index is 0.204. The lowest BCUT2D eigenvalue weighted by Gasteiger charge is -2.62. The molecule has 6 atom stereocenters. The molecule has 124 heavy (non-hydrogen) atoms. The Morgan fingerprint density at radius 2 is 0.782 bits per heavy atom. The van der Waals surface area contributed by atoms with Crippen molar-refractivity contribution < 1.29 is 59.8 Å². The number of hydrogen-bond donors (Lipinski definition) is 3. The predicted molar refractivity (Wildman–Crippen MR) is 485 cm³/mol. The lowest BCUT2D eigenvalue weighted by atomic mass is 9.62. The van der Waals surface area contributed by atoms with Gasteiger partial charge in [-0.3, -0.25) is 0 Å². The Morgan fingerprint density at radius 1 is 0.411 bits per heavy atom. The van der Waals surface area contributed by atoms with Crippen molar-refractivity contribution in [1.82, 2.24) is 24.1 Å². The van der Waals surface area contributed by atoms with Crippen LogP contribution in [0.3, 0.4) is 0 Å². The van der Waals surface area contributed by atoms with Crippen molar-refractivity contribution in [2.45, 2.75) is 272 Å². The lowest BCUT2D eigenvalue weighted by molar-refractivity contribution is -0.543. The fraction of sp³-hybridized carbons (Fsp3) is 0.538. The molecular weight excluding hydrogens is 1550 g/mol. The van der Waals surface area contributed by atoms with E-state index in [0.717, 1.165) is 207 Å². The van der Waals surface area contributed by atoms with Crippen LogP contribution in [0.25, 0.3) is 21.8 Å². The summed E-state index contributed by atoms with van der Waals surface area (Å²) in [7, 11) is 2.03. The number of benzene rings is 5. The highest BCUT2D eigenvalue weighted by Gasteiger charge is 2.46. The second-order valence-corrected chi connectivity index (χ2v) is 35.5. The standard InChI is InChI=1S/C38H52N2O6.C24H30N2O2.C22H30N2O2.C20H26N2O2/c1-5-7-19-43-23-25-45-21-17-39-27(3)33(29-13-9-11-15-31(29)39)35-37(41)36(38(35)42)34-28(4)40(32-16-12-10-14-30(32)34)18-22-46-26-24-44-20-8-6-2;1-7-15-13(2)21(25-14(15)3)20-22(27)16(23(20)28)12-19-24(4,5)17-10-8-9-11-18(17)26(19)6;1-6-17-13(4)20(23-14(17)5)19-21(25)18(22(19)26)15-9-11-16(12-10-15)24(7-2)8-3;1-5-22(6-2)15-9-7-14(8-10-15)16-19(23)17(20(16)24)18-12(3)11-13(4)21-18/h9-16,35-38H,5-8,17-26H2,1-4H3;8-12,16,20,22-23,25H,7H2,1-6H3;9-12,18-19,21-23H,6-8H2,1-5H3;7-11,16-17,19-21H,5-6H2,1-4H3/q4*-2. The molecule has 15 rings (SSSR count). The number of likely N-dealkylation sites (N-methyl/N-ethyl adjacent to an activating group) is 1. The fourth-order valence-electron chi connectivity index (χ4n) is 21.0. The van der Waals surface area contributed by atoms with Crippen molar-refractivity contribution in [3.63, 3.8) is 0 Å². The largest absolute Gasteiger partial charge is 0.851 e. The minimum Gasteiger partial charge on any atom is -0.851 e. The van der Waals surface area contributed by atoms with Gasteiger partial charge < -0.3 is 98.6 Å². The summed E-state index contributed by atoms with van der Waals surface area (Å²) in [6.07, 6.45) is 0.830. The molecule has 3 N–H and O–H groups in total. The highest BCUT2D eigenvalue weighted by Crippen LogP contribution is 2.54. The average molecular weight is 1690 g/mol. The normalized spacial score (nSPS) is 24.4. The molecule has 20 nitrogen and oxygen atoms in total. The van der Waals surface area contributed by atoms with Gasteiger partial charge in [-0.2, -0.15) is 0 Å². The van der Waals surface area contributed by atoms with Crippen LogP contribution in [-0.4, -0.2) is 159 Å². The Kier molecular flexibility index (Phi) is 32.2. The summed E-state index contributed by atoms with van der Waals surface area (Å²) < 4.78 is 27.4. The Labute approximate surface area is 737 Å². The molecule has 4 aliphatic carbocycles. The molecule has 0 radical (unpaired) electrons. The van der Waals surface area contributed by atoms with E-state index in [2.05, 4.69) is 144 Å². The first kappa shape index (κ1) is 94.8. The molecule has 5 aromatic heterocycles. The van der Waals surface area contributed by atoms with Crippen LogP contribution in [0.2, 0.25) is 0 Å². The number of H-pyrrole nitrogens is 3. The van der Waals surface area contributed by atoms with Crippen LogP contribution in [0.15, 0.2) is 139 Å². The van der Waals surface area contributed by atoms with E-state index in [1.54, 1.807) is 0 Å². The smallest absolute Gasteiger partial charge is 0.0701 e. The number of para-hydroxylation sites is 3. The molecule has 20 heteroatoms. The van der Waals surface area contributed by atoms with Crippen LogP contribution >= 0.6 is 0 Å². The van der Waals surface area contributed by atoms with E-state index in [0.29, 0.717) is 52.7 Å². The zero-order valence-corrected chi connectivity index (χ0v) is 77.2. The van der Waals surface area contributed by atoms with Crippen LogP contribution in [0.4, 0.5) is 17.1 Å². The van der Waals surface area contributed by atoms with E-state index < -0.39 is 96.2 Å². The first-order valence-corrected chi connectivity index (χ1v) is 46.1. The number of nitrogens with one attached hydrogen (secondary N) is 3. The topological polar surface area (TPSA) is 288 Å². The van der Waals surface area contributed by atoms with Gasteiger partial charge in [-0.25, -0.2) is 0 Å². The van der Waals surface area contributed by atoms with E-state index in [1.165, 1.54) is 16.7 Å². The van der Waals surface area contributed by atoms with E-state index >= 15 is 0 Å². The molecule has 674 valence electrons. The third kappa shape index (κ3) is 18.9. The number of ether oxygens (including phenoxy) is 4. The van der Waals surface area contributed by atoms with Crippen LogP contribution < -0.4 is 55.6 Å². The Morgan fingerprint density at radius 3 is 1.15 bits per heavy atom. The van der Waals surface area contributed by atoms with Gasteiger partial charge in [0.2, 0.25) is 0 Å². The highest BCUT2D eigenvalue weighted by atomic mass is 16.5. The molecule has 6 heterocycles. The number of unbranched alkanes of at least 4 members (excludes halogenated alkanes) is 2. The molecule has 0 spiro atoms. The summed E-state index contributed by atoms with van der Waals surface area (Å²) in [4.78, 5) is 16.5. The summed E-state index contributed by atoms with van der Waals surface area (Å²) in [5, 5.41) is 108. The van der Waals surface area contributed by atoms with Gasteiger partial charge in [0, 0.05) is 155 Å². The zero-order valence-electron chi connectivity index (χ0n) is 77.2. The van der Waals surface area contributed by atoms with E-state index in [-0.39, 0.29) is 5.41 Å². The van der Waals surface area contributed by atoms with Crippen molar-refractivity contribution in [3.05, 3.63) is 240 Å². The highest BCUT2D eigenvalue weighted by molar-refractivity contribution is 5.89. The van der Waals surface area contributed by atoms with Gasteiger partial charge in [0.15, 0.2) is 0 Å². The van der Waals surface area contributed by atoms with Gasteiger partial charge in [0.05, 0.1) is 39.6 Å². The Hall–Kier alpha value is -8.32. The van der Waals surface area contributed by atoms with E-state index in [1.807, 2.05) is 160 Å². The van der Waals surface area contributed by atoms with Crippen molar-refractivity contribution >= 4 is 38.9 Å². The molecule has 10 aromatic rings. The maximum Gasteiger partial charge on any atom is 0.0701 e. The quantitative estimate of drug-likeness (QED) is 0.0316. The molecule has 4 saturated carbocycles. The second kappa shape index (κ2) is 42.1. The van der Waals surface area contributed by atoms with Crippen molar-refractivity contribution in [3.8, 4) is 0 Å². The van der Waals surface area contributed by atoms with E-state index in [9.17, 15) is 40.9 Å². The van der Waals surface area contributed by atoms with Crippen LogP contribution in [0, 0.1) is 61.3 Å². The van der Waals surface area contributed by atoms with Gasteiger partial charge in [0.25, 0.3) is 0 Å². The zero-order chi connectivity index (χ0) is 89.3. The summed E-state index contributed by atoms with van der Waals surface area (Å²) in [5.74, 6) is -3.94. The van der Waals surface area contributed by atoms with Crippen LogP contribution in [0.1, 0.15) is 238 Å². The Balaban J connectivity index is 0.000000157. The number of anilines is 3. The van der Waals surface area contributed by atoms with Crippen molar-refractivity contribution in [2.75, 3.05) is 101 Å². The number of rotatable bonds is 34. The lowest BCUT2D eigenvalue weighted by Crippen LogP contribution is -2.65. The Bertz CT molecular complexity index is 4990. The molecule has 0 saturated heterocycles. The van der Waals surface area contributed by atoms with Crippen LogP contribution in [0.5, 0.6) is 0 Å². The van der Waals surface area contributed by atoms with Gasteiger partial charge >= 0.3 is 0 Å². The number of aromatic nitrogens is 5. The van der Waals surface area contributed by atoms with Gasteiger partial charge in [-0.15, -0.1) is 48.8 Å². The summed E-state index contributed by atoms with van der Waals surface area (Å²) >= 11 is 0. The van der Waals surface area contributed by atoms with Gasteiger partial charge in [0.1, 0.15) is 0 Å². The summed E-state index contributed by atoms with van der Waals surface area (Å²) in [6.45, 7) is 47.5. The maximum absolute atomic E-state index is 14.2. The third-order valence-electron chi connectivity index (χ3n) is 28.2. The number of hydrogen-bond acceptors (Lipinski definition) is 15. The molecule has 0 bridgehead atoms. The molecule has 5 aliphatic rings. The SMILES string of the molecule is CCCCOCCOCCn1c(C)c(C2C([O-])C(c3c(C)n(CCOCCOCCCC)c4ccccc34)C2[O-])c2ccccc21.CCN(CC)c1ccc(C2C([O-])C(c3[nH]c(C)cc3C)C2[O-])cc1.CCc1c(C)[nH]c(C2C([O-])C(C=C3N(C)c4ccccc4C3(C)C)C2[O-])c1C.CCc1c(C)[nH]c(C2C([O-])C(c3ccc(N(CC)CC)cc3)C2[O-])c1C. The molecular formula is C104H138N8O12-8.